The van der Waals surface area contributed by atoms with Gasteiger partial charge in [-0.3, -0.25) is 4.72 Å². The number of sulfonamides is 1. The molecule has 7 nitrogen and oxygen atoms in total. The number of aryl methyl sites for hydroxylation is 1. The number of aromatic nitrogens is 2. The van der Waals surface area contributed by atoms with Gasteiger partial charge in [-0.05, 0) is 36.6 Å². The van der Waals surface area contributed by atoms with Gasteiger partial charge in [-0.25, -0.2) is 12.8 Å². The average molecular weight is 369 g/mol. The van der Waals surface area contributed by atoms with Gasteiger partial charge in [-0.2, -0.15) is 4.98 Å². The van der Waals surface area contributed by atoms with E-state index in [1.165, 1.54) is 24.5 Å². The first-order chi connectivity index (χ1) is 11.4. The molecule has 0 fully saturated rings. The lowest BCUT2D eigenvalue weighted by Gasteiger charge is -2.11. The average Bonchev–Trinajstić information content (AvgIpc) is 3.15. The van der Waals surface area contributed by atoms with Gasteiger partial charge in [0.05, 0.1) is 12.8 Å². The molecule has 0 bridgehead atoms. The number of rotatable bonds is 5. The lowest BCUT2D eigenvalue weighted by atomic mass is 10.3. The molecule has 0 spiro atoms. The van der Waals surface area contributed by atoms with Gasteiger partial charge in [0.1, 0.15) is 21.3 Å². The number of benzene rings is 1. The standard InChI is InChI=1S/C14H12FN3O4S2/c1-8-16-14(22-17-8)13-10(5-6-23-13)18-24(19,20)12-7-9(15)3-4-11(12)21-2/h3-7,18H,1-2H3. The number of nitrogens with zero attached hydrogens (tertiary/aromatic N) is 2. The fraction of sp³-hybridized carbons (Fsp3) is 0.143. The van der Waals surface area contributed by atoms with Crippen LogP contribution < -0.4 is 9.46 Å². The summed E-state index contributed by atoms with van der Waals surface area (Å²) < 4.78 is 51.1. The predicted octanol–water partition coefficient (Wildman–Crippen LogP) is 3.06. The van der Waals surface area contributed by atoms with Crippen molar-refractivity contribution in [3.63, 3.8) is 0 Å². The highest BCUT2D eigenvalue weighted by Gasteiger charge is 2.23. The van der Waals surface area contributed by atoms with Crippen LogP contribution in [-0.4, -0.2) is 25.7 Å². The van der Waals surface area contributed by atoms with Crippen LogP contribution in [0.2, 0.25) is 0 Å². The summed E-state index contributed by atoms with van der Waals surface area (Å²) in [5, 5.41) is 5.36. The van der Waals surface area contributed by atoms with E-state index in [2.05, 4.69) is 14.9 Å². The molecule has 0 amide bonds. The van der Waals surface area contributed by atoms with Crippen molar-refractivity contribution in [1.29, 1.82) is 0 Å². The lowest BCUT2D eigenvalue weighted by molar-refractivity contribution is 0.401. The van der Waals surface area contributed by atoms with Gasteiger partial charge in [0, 0.05) is 0 Å². The van der Waals surface area contributed by atoms with Crippen molar-refractivity contribution in [3.8, 4) is 16.5 Å². The van der Waals surface area contributed by atoms with Crippen LogP contribution in [0.5, 0.6) is 5.75 Å². The molecular weight excluding hydrogens is 357 g/mol. The molecule has 1 aromatic carbocycles. The minimum atomic E-state index is -4.07. The number of hydrogen-bond donors (Lipinski definition) is 1. The summed E-state index contributed by atoms with van der Waals surface area (Å²) in [7, 11) is -2.76. The molecule has 0 saturated carbocycles. The summed E-state index contributed by atoms with van der Waals surface area (Å²) in [6, 6.07) is 4.82. The molecule has 0 aliphatic rings. The van der Waals surface area contributed by atoms with Crippen molar-refractivity contribution in [3.05, 3.63) is 41.3 Å². The van der Waals surface area contributed by atoms with Crippen molar-refractivity contribution in [2.75, 3.05) is 11.8 Å². The minimum absolute atomic E-state index is 0.0364. The summed E-state index contributed by atoms with van der Waals surface area (Å²) in [5.41, 5.74) is 0.259. The molecule has 0 aliphatic heterocycles. The number of thiophene rings is 1. The van der Waals surface area contributed by atoms with Gasteiger partial charge in [-0.15, -0.1) is 11.3 Å². The van der Waals surface area contributed by atoms with Crippen LogP contribution in [0.4, 0.5) is 10.1 Å². The molecule has 126 valence electrons. The SMILES string of the molecule is COc1ccc(F)cc1S(=O)(=O)Nc1ccsc1-c1nc(C)no1. The Morgan fingerprint density at radius 1 is 1.33 bits per heavy atom. The van der Waals surface area contributed by atoms with E-state index >= 15 is 0 Å². The van der Waals surface area contributed by atoms with Crippen LogP contribution in [0, 0.1) is 12.7 Å². The van der Waals surface area contributed by atoms with E-state index in [4.69, 9.17) is 9.26 Å². The van der Waals surface area contributed by atoms with Crippen LogP contribution in [0.3, 0.4) is 0 Å². The molecule has 0 saturated heterocycles. The van der Waals surface area contributed by atoms with E-state index in [9.17, 15) is 12.8 Å². The maximum Gasteiger partial charge on any atom is 0.270 e. The third kappa shape index (κ3) is 3.10. The molecule has 0 radical (unpaired) electrons. The normalized spacial score (nSPS) is 11.5. The molecule has 2 aromatic heterocycles. The first kappa shape index (κ1) is 16.4. The summed E-state index contributed by atoms with van der Waals surface area (Å²) >= 11 is 1.24. The van der Waals surface area contributed by atoms with Crippen molar-refractivity contribution < 1.29 is 22.1 Å². The zero-order valence-electron chi connectivity index (χ0n) is 12.6. The maximum absolute atomic E-state index is 13.5. The Balaban J connectivity index is 2.00. The summed E-state index contributed by atoms with van der Waals surface area (Å²) in [5.74, 6) is -0.0195. The van der Waals surface area contributed by atoms with Crippen LogP contribution in [-0.2, 0) is 10.0 Å². The summed E-state index contributed by atoms with van der Waals surface area (Å²) in [6.45, 7) is 1.65. The zero-order valence-corrected chi connectivity index (χ0v) is 14.2. The molecular formula is C14H12FN3O4S2. The summed E-state index contributed by atoms with van der Waals surface area (Å²) in [6.07, 6.45) is 0. The quantitative estimate of drug-likeness (QED) is 0.743. The number of ether oxygens (including phenoxy) is 1. The van der Waals surface area contributed by atoms with E-state index in [0.717, 1.165) is 12.1 Å². The van der Waals surface area contributed by atoms with Crippen LogP contribution in [0.1, 0.15) is 5.82 Å². The Morgan fingerprint density at radius 3 is 2.79 bits per heavy atom. The van der Waals surface area contributed by atoms with E-state index in [0.29, 0.717) is 10.7 Å². The Kier molecular flexibility index (Phi) is 4.24. The highest BCUT2D eigenvalue weighted by molar-refractivity contribution is 7.92. The van der Waals surface area contributed by atoms with Crippen molar-refractivity contribution >= 4 is 27.0 Å². The molecule has 1 N–H and O–H groups in total. The summed E-state index contributed by atoms with van der Waals surface area (Å²) in [4.78, 5) is 4.24. The van der Waals surface area contributed by atoms with Crippen molar-refractivity contribution in [2.24, 2.45) is 0 Å². The first-order valence-corrected chi connectivity index (χ1v) is 9.01. The largest absolute Gasteiger partial charge is 0.495 e. The van der Waals surface area contributed by atoms with Gasteiger partial charge >= 0.3 is 0 Å². The molecule has 3 rings (SSSR count). The maximum atomic E-state index is 13.5. The fourth-order valence-corrected chi connectivity index (χ4v) is 4.09. The van der Waals surface area contributed by atoms with E-state index < -0.39 is 15.8 Å². The first-order valence-electron chi connectivity index (χ1n) is 6.65. The van der Waals surface area contributed by atoms with Crippen molar-refractivity contribution in [2.45, 2.75) is 11.8 Å². The Hall–Kier alpha value is -2.46. The molecule has 0 atom stereocenters. The Bertz CT molecular complexity index is 982. The molecule has 0 unspecified atom stereocenters. The lowest BCUT2D eigenvalue weighted by Crippen LogP contribution is -2.14. The van der Waals surface area contributed by atoms with E-state index in [-0.39, 0.29) is 22.2 Å². The number of nitrogens with one attached hydrogen (secondary N) is 1. The molecule has 24 heavy (non-hydrogen) atoms. The second-order valence-electron chi connectivity index (χ2n) is 4.71. The van der Waals surface area contributed by atoms with Crippen LogP contribution >= 0.6 is 11.3 Å². The predicted molar refractivity (Wildman–Crippen MR) is 86.1 cm³/mol. The Labute approximate surface area is 141 Å². The number of hydrogen-bond acceptors (Lipinski definition) is 7. The molecule has 2 heterocycles. The fourth-order valence-electron chi connectivity index (χ4n) is 2.00. The van der Waals surface area contributed by atoms with Gasteiger partial charge in [0.25, 0.3) is 15.9 Å². The monoisotopic (exact) mass is 369 g/mol. The molecule has 0 aliphatic carbocycles. The number of methoxy groups -OCH3 is 1. The van der Waals surface area contributed by atoms with Gasteiger partial charge in [-0.1, -0.05) is 5.16 Å². The zero-order chi connectivity index (χ0) is 17.3. The minimum Gasteiger partial charge on any atom is -0.495 e. The molecule has 3 aromatic rings. The van der Waals surface area contributed by atoms with E-state index in [1.807, 2.05) is 0 Å². The smallest absolute Gasteiger partial charge is 0.270 e. The molecule has 10 heteroatoms. The highest BCUT2D eigenvalue weighted by Crippen LogP contribution is 2.35. The van der Waals surface area contributed by atoms with Gasteiger partial charge < -0.3 is 9.26 Å². The third-order valence-corrected chi connectivity index (χ3v) is 5.34. The van der Waals surface area contributed by atoms with Gasteiger partial charge in [0.15, 0.2) is 5.82 Å². The van der Waals surface area contributed by atoms with Crippen LogP contribution in [0.15, 0.2) is 39.1 Å². The highest BCUT2D eigenvalue weighted by atomic mass is 32.2. The number of anilines is 1. The Morgan fingerprint density at radius 2 is 2.12 bits per heavy atom. The van der Waals surface area contributed by atoms with Crippen LogP contribution in [0.25, 0.3) is 10.8 Å². The van der Waals surface area contributed by atoms with Gasteiger partial charge in [0.2, 0.25) is 0 Å². The second kappa shape index (κ2) is 6.21. The van der Waals surface area contributed by atoms with Crippen molar-refractivity contribution in [1.82, 2.24) is 10.1 Å². The third-order valence-electron chi connectivity index (χ3n) is 3.05. The second-order valence-corrected chi connectivity index (χ2v) is 7.28. The topological polar surface area (TPSA) is 94.3 Å². The number of halogens is 1. The van der Waals surface area contributed by atoms with E-state index in [1.54, 1.807) is 18.4 Å².